The van der Waals surface area contributed by atoms with Crippen molar-refractivity contribution in [2.45, 2.75) is 19.3 Å². The van der Waals surface area contributed by atoms with Gasteiger partial charge in [-0.3, -0.25) is 9.59 Å². The first-order valence-corrected chi connectivity index (χ1v) is 7.20. The van der Waals surface area contributed by atoms with Crippen LogP contribution in [0.15, 0.2) is 42.5 Å². The molecule has 1 atom stereocenters. The lowest BCUT2D eigenvalue weighted by Gasteiger charge is -2.13. The van der Waals surface area contributed by atoms with Gasteiger partial charge in [-0.25, -0.2) is 0 Å². The molecule has 1 aliphatic heterocycles. The Balaban J connectivity index is 2.10. The highest BCUT2D eigenvalue weighted by Crippen LogP contribution is 2.34. The minimum Gasteiger partial charge on any atom is -0.492 e. The van der Waals surface area contributed by atoms with E-state index < -0.39 is 11.9 Å². The van der Waals surface area contributed by atoms with E-state index in [4.69, 9.17) is 4.74 Å². The van der Waals surface area contributed by atoms with E-state index in [1.165, 1.54) is 0 Å². The number of carboxylic acids is 1. The number of fused-ring (bicyclic) bond motifs is 1. The second-order valence-corrected chi connectivity index (χ2v) is 5.41. The Morgan fingerprint density at radius 3 is 2.59 bits per heavy atom. The van der Waals surface area contributed by atoms with E-state index in [1.54, 1.807) is 37.3 Å². The van der Waals surface area contributed by atoms with Crippen molar-refractivity contribution in [2.24, 2.45) is 0 Å². The highest BCUT2D eigenvalue weighted by Gasteiger charge is 2.25. The predicted octanol–water partition coefficient (Wildman–Crippen LogP) is 3.04. The summed E-state index contributed by atoms with van der Waals surface area (Å²) in [6.07, 6.45) is 0.699. The average Bonchev–Trinajstić information content (AvgIpc) is 3.01. The van der Waals surface area contributed by atoms with Crippen LogP contribution >= 0.6 is 0 Å². The molecule has 0 amide bonds. The third-order valence-electron chi connectivity index (χ3n) is 3.96. The molecule has 1 N–H and O–H groups in total. The van der Waals surface area contributed by atoms with Gasteiger partial charge < -0.3 is 9.84 Å². The van der Waals surface area contributed by atoms with Crippen LogP contribution in [0.4, 0.5) is 0 Å². The van der Waals surface area contributed by atoms with E-state index in [-0.39, 0.29) is 5.78 Å². The number of benzene rings is 2. The van der Waals surface area contributed by atoms with Crippen molar-refractivity contribution in [1.82, 2.24) is 0 Å². The minimum absolute atomic E-state index is 0.141. The normalized spacial score (nSPS) is 14.0. The smallest absolute Gasteiger partial charge is 0.310 e. The van der Waals surface area contributed by atoms with Gasteiger partial charge in [0, 0.05) is 12.0 Å². The Morgan fingerprint density at radius 2 is 1.91 bits per heavy atom. The number of hydrogen-bond acceptors (Lipinski definition) is 3. The van der Waals surface area contributed by atoms with Gasteiger partial charge >= 0.3 is 5.97 Å². The number of rotatable bonds is 4. The van der Waals surface area contributed by atoms with Crippen LogP contribution in [0.1, 0.15) is 39.9 Å². The Hall–Kier alpha value is -2.62. The Kier molecular flexibility index (Phi) is 3.67. The maximum Gasteiger partial charge on any atom is 0.310 e. The summed E-state index contributed by atoms with van der Waals surface area (Å²) in [4.78, 5) is 24.0. The maximum absolute atomic E-state index is 12.7. The number of carboxylic acid groups (broad SMARTS) is 1. The molecule has 112 valence electrons. The summed E-state index contributed by atoms with van der Waals surface area (Å²) in [6.45, 7) is 2.14. The zero-order chi connectivity index (χ0) is 15.7. The van der Waals surface area contributed by atoms with Gasteiger partial charge in [0.1, 0.15) is 5.75 Å². The van der Waals surface area contributed by atoms with Gasteiger partial charge in [-0.2, -0.15) is 0 Å². The molecule has 1 heterocycles. The lowest BCUT2D eigenvalue weighted by atomic mass is 9.92. The largest absolute Gasteiger partial charge is 0.492 e. The van der Waals surface area contributed by atoms with Crippen molar-refractivity contribution in [3.8, 4) is 5.75 Å². The van der Waals surface area contributed by atoms with Crippen LogP contribution in [0.5, 0.6) is 5.75 Å². The van der Waals surface area contributed by atoms with Crippen molar-refractivity contribution in [3.63, 3.8) is 0 Å². The van der Waals surface area contributed by atoms with Crippen LogP contribution in [-0.2, 0) is 11.2 Å². The molecule has 4 heteroatoms. The second kappa shape index (κ2) is 5.64. The molecule has 0 bridgehead atoms. The van der Waals surface area contributed by atoms with Crippen molar-refractivity contribution in [3.05, 3.63) is 64.7 Å². The van der Waals surface area contributed by atoms with Gasteiger partial charge in [-0.05, 0) is 24.1 Å². The van der Waals surface area contributed by atoms with Crippen LogP contribution in [0, 0.1) is 0 Å². The zero-order valence-corrected chi connectivity index (χ0v) is 12.2. The monoisotopic (exact) mass is 296 g/mol. The fourth-order valence-electron chi connectivity index (χ4n) is 2.64. The molecule has 0 aliphatic carbocycles. The third-order valence-corrected chi connectivity index (χ3v) is 3.96. The fraction of sp³-hybridized carbons (Fsp3) is 0.222. The van der Waals surface area contributed by atoms with Crippen LogP contribution in [-0.4, -0.2) is 23.5 Å². The molecule has 0 saturated heterocycles. The summed E-state index contributed by atoms with van der Waals surface area (Å²) in [5.74, 6) is -1.11. The first-order valence-electron chi connectivity index (χ1n) is 7.20. The van der Waals surface area contributed by atoms with Gasteiger partial charge in [0.05, 0.1) is 18.1 Å². The summed E-state index contributed by atoms with van der Waals surface area (Å²) in [6, 6.07) is 12.4. The first-order chi connectivity index (χ1) is 10.6. The molecule has 0 aromatic heterocycles. The van der Waals surface area contributed by atoms with E-state index in [1.807, 2.05) is 12.1 Å². The van der Waals surface area contributed by atoms with Crippen LogP contribution < -0.4 is 4.74 Å². The second-order valence-electron chi connectivity index (χ2n) is 5.41. The molecule has 1 aliphatic rings. The van der Waals surface area contributed by atoms with Crippen LogP contribution in [0.3, 0.4) is 0 Å². The highest BCUT2D eigenvalue weighted by atomic mass is 16.5. The minimum atomic E-state index is -0.906. The Morgan fingerprint density at radius 1 is 1.18 bits per heavy atom. The summed E-state index contributed by atoms with van der Waals surface area (Å²) in [5, 5.41) is 9.21. The van der Waals surface area contributed by atoms with Gasteiger partial charge in [-0.15, -0.1) is 0 Å². The van der Waals surface area contributed by atoms with Crippen LogP contribution in [0.25, 0.3) is 0 Å². The molecule has 3 rings (SSSR count). The lowest BCUT2D eigenvalue weighted by molar-refractivity contribution is -0.138. The van der Waals surface area contributed by atoms with Crippen molar-refractivity contribution in [2.75, 3.05) is 6.61 Å². The predicted molar refractivity (Wildman–Crippen MR) is 81.6 cm³/mol. The van der Waals surface area contributed by atoms with E-state index in [0.29, 0.717) is 35.5 Å². The number of aliphatic carboxylic acids is 1. The highest BCUT2D eigenvalue weighted by molar-refractivity contribution is 6.11. The molecule has 0 radical (unpaired) electrons. The Labute approximate surface area is 128 Å². The number of carbonyl (C=O) groups excluding carboxylic acids is 1. The van der Waals surface area contributed by atoms with Gasteiger partial charge in [0.15, 0.2) is 5.78 Å². The molecular weight excluding hydrogens is 280 g/mol. The molecular formula is C18H16O4. The van der Waals surface area contributed by atoms with Gasteiger partial charge in [-0.1, -0.05) is 36.4 Å². The number of hydrogen-bond donors (Lipinski definition) is 1. The van der Waals surface area contributed by atoms with Crippen LogP contribution in [0.2, 0.25) is 0 Å². The SMILES string of the molecule is CC(C(=O)O)c1cc2c(c(C(=O)c3ccccc3)c1)OCC2. The molecule has 22 heavy (non-hydrogen) atoms. The van der Waals surface area contributed by atoms with E-state index in [0.717, 1.165) is 5.56 Å². The number of ether oxygens (including phenoxy) is 1. The summed E-state index contributed by atoms with van der Waals surface area (Å²) in [7, 11) is 0. The van der Waals surface area contributed by atoms with E-state index in [2.05, 4.69) is 0 Å². The van der Waals surface area contributed by atoms with Gasteiger partial charge in [0.2, 0.25) is 0 Å². The summed E-state index contributed by atoms with van der Waals surface area (Å²) >= 11 is 0. The lowest BCUT2D eigenvalue weighted by Crippen LogP contribution is -2.10. The summed E-state index contributed by atoms with van der Waals surface area (Å²) < 4.78 is 5.60. The fourth-order valence-corrected chi connectivity index (χ4v) is 2.64. The molecule has 4 nitrogen and oxygen atoms in total. The van der Waals surface area contributed by atoms with Crippen molar-refractivity contribution in [1.29, 1.82) is 0 Å². The summed E-state index contributed by atoms with van der Waals surface area (Å²) in [5.41, 5.74) is 2.56. The number of ketones is 1. The standard InChI is InChI=1S/C18H16O4/c1-11(18(20)21)14-9-13-7-8-22-17(13)15(10-14)16(19)12-5-3-2-4-6-12/h2-6,9-11H,7-8H2,1H3,(H,20,21). The number of carbonyl (C=O) groups is 2. The topological polar surface area (TPSA) is 63.6 Å². The average molecular weight is 296 g/mol. The van der Waals surface area contributed by atoms with Crippen molar-refractivity contribution >= 4 is 11.8 Å². The molecule has 1 unspecified atom stereocenters. The van der Waals surface area contributed by atoms with E-state index in [9.17, 15) is 14.7 Å². The van der Waals surface area contributed by atoms with Crippen molar-refractivity contribution < 1.29 is 19.4 Å². The first kappa shape index (κ1) is 14.3. The Bertz CT molecular complexity index is 734. The maximum atomic E-state index is 12.7. The molecule has 0 fully saturated rings. The molecule has 2 aromatic carbocycles. The quantitative estimate of drug-likeness (QED) is 0.881. The molecule has 0 saturated carbocycles. The molecule has 2 aromatic rings. The van der Waals surface area contributed by atoms with Gasteiger partial charge in [0.25, 0.3) is 0 Å². The zero-order valence-electron chi connectivity index (χ0n) is 12.2. The van der Waals surface area contributed by atoms with E-state index >= 15 is 0 Å². The third kappa shape index (κ3) is 2.48. The molecule has 0 spiro atoms.